The fourth-order valence-electron chi connectivity index (χ4n) is 4.92. The second-order valence-corrected chi connectivity index (χ2v) is 13.2. The van der Waals surface area contributed by atoms with Crippen LogP contribution in [0.1, 0.15) is 6.92 Å². The van der Waals surface area contributed by atoms with Crippen molar-refractivity contribution in [2.75, 3.05) is 48.7 Å². The number of sulfonamides is 2. The zero-order chi connectivity index (χ0) is 27.8. The Labute approximate surface area is 227 Å². The summed E-state index contributed by atoms with van der Waals surface area (Å²) in [5, 5.41) is 4.86. The Balaban J connectivity index is 1.37. The van der Waals surface area contributed by atoms with Crippen molar-refractivity contribution in [3.8, 4) is 0 Å². The molecule has 10 nitrogen and oxygen atoms in total. The quantitative estimate of drug-likeness (QED) is 0.348. The van der Waals surface area contributed by atoms with Crippen molar-refractivity contribution in [3.05, 3.63) is 66.7 Å². The number of hydrogen-bond donors (Lipinski definition) is 1. The fourth-order valence-corrected chi connectivity index (χ4v) is 7.19. The van der Waals surface area contributed by atoms with Gasteiger partial charge in [-0.05, 0) is 55.5 Å². The average molecular weight is 571 g/mol. The van der Waals surface area contributed by atoms with Gasteiger partial charge in [0.15, 0.2) is 0 Å². The zero-order valence-corrected chi connectivity index (χ0v) is 23.3. The number of aryl methyl sites for hydroxylation is 1. The van der Waals surface area contributed by atoms with E-state index in [0.29, 0.717) is 18.9 Å². The molecule has 2 heterocycles. The molecule has 5 rings (SSSR count). The highest BCUT2D eigenvalue weighted by Gasteiger charge is 2.27. The first-order chi connectivity index (χ1) is 18.6. The van der Waals surface area contributed by atoms with Gasteiger partial charge >= 0.3 is 0 Å². The van der Waals surface area contributed by atoms with Crippen molar-refractivity contribution >= 4 is 59.1 Å². The van der Waals surface area contributed by atoms with E-state index in [1.807, 2.05) is 30.3 Å². The molecular formula is C27H30N4O6S2. The molecule has 0 bridgehead atoms. The van der Waals surface area contributed by atoms with E-state index in [-0.39, 0.29) is 23.7 Å². The first-order valence-electron chi connectivity index (χ1n) is 12.6. The molecule has 1 fully saturated rings. The lowest BCUT2D eigenvalue weighted by Gasteiger charge is -2.26. The molecule has 1 aliphatic heterocycles. The Morgan fingerprint density at radius 3 is 2.26 bits per heavy atom. The number of para-hydroxylation sites is 1. The summed E-state index contributed by atoms with van der Waals surface area (Å²) in [6.45, 7) is 3.55. The van der Waals surface area contributed by atoms with E-state index in [1.165, 1.54) is 28.6 Å². The van der Waals surface area contributed by atoms with Gasteiger partial charge in [-0.1, -0.05) is 18.2 Å². The molecule has 0 aliphatic carbocycles. The first kappa shape index (κ1) is 27.1. The standard InChI is InChI=1S/C27H30N4O6S2/c1-3-30-25-7-5-4-6-23(25)24-18-20(8-13-26(24)30)28-27(32)19-31(38(2,33)34)21-9-11-22(12-10-21)39(35,36)29-14-16-37-17-15-29/h4-13,18H,3,14-17,19H2,1-2H3,(H,28,32). The molecule has 0 unspecified atom stereocenters. The number of ether oxygens (including phenoxy) is 1. The summed E-state index contributed by atoms with van der Waals surface area (Å²) in [6.07, 6.45) is 1.00. The van der Waals surface area contributed by atoms with Crippen LogP contribution >= 0.6 is 0 Å². The molecule has 12 heteroatoms. The molecule has 0 saturated carbocycles. The number of fused-ring (bicyclic) bond motifs is 3. The summed E-state index contributed by atoms with van der Waals surface area (Å²) in [6, 6.07) is 19.2. The average Bonchev–Trinajstić information content (AvgIpc) is 3.24. The van der Waals surface area contributed by atoms with E-state index >= 15 is 0 Å². The number of morpholine rings is 1. The number of rotatable bonds is 8. The number of anilines is 2. The minimum atomic E-state index is -3.84. The van der Waals surface area contributed by atoms with Gasteiger partial charge in [-0.15, -0.1) is 0 Å². The molecule has 1 aromatic heterocycles. The summed E-state index contributed by atoms with van der Waals surface area (Å²) in [5.41, 5.74) is 2.88. The lowest BCUT2D eigenvalue weighted by molar-refractivity contribution is -0.114. The van der Waals surface area contributed by atoms with Crippen molar-refractivity contribution in [2.24, 2.45) is 0 Å². The van der Waals surface area contributed by atoms with Crippen molar-refractivity contribution in [3.63, 3.8) is 0 Å². The van der Waals surface area contributed by atoms with Crippen molar-refractivity contribution in [2.45, 2.75) is 18.4 Å². The highest BCUT2D eigenvalue weighted by Crippen LogP contribution is 2.31. The molecular weight excluding hydrogens is 540 g/mol. The second kappa shape index (κ2) is 10.6. The summed E-state index contributed by atoms with van der Waals surface area (Å²) in [4.78, 5) is 13.0. The maximum absolute atomic E-state index is 13.0. The molecule has 1 aliphatic rings. The molecule has 0 atom stereocenters. The van der Waals surface area contributed by atoms with Gasteiger partial charge in [0.05, 0.1) is 30.1 Å². The van der Waals surface area contributed by atoms with Crippen molar-refractivity contribution in [1.82, 2.24) is 8.87 Å². The van der Waals surface area contributed by atoms with E-state index in [0.717, 1.165) is 38.9 Å². The maximum Gasteiger partial charge on any atom is 0.245 e. The van der Waals surface area contributed by atoms with E-state index in [4.69, 9.17) is 4.74 Å². The number of hydrogen-bond acceptors (Lipinski definition) is 6. The Bertz CT molecular complexity index is 1740. The minimum Gasteiger partial charge on any atom is -0.379 e. The van der Waals surface area contributed by atoms with Crippen molar-refractivity contribution in [1.29, 1.82) is 0 Å². The minimum absolute atomic E-state index is 0.0468. The van der Waals surface area contributed by atoms with Crippen LogP contribution in [-0.4, -0.2) is 70.7 Å². The molecule has 1 N–H and O–H groups in total. The van der Waals surface area contributed by atoms with Crippen LogP contribution in [0.25, 0.3) is 21.8 Å². The summed E-state index contributed by atoms with van der Waals surface area (Å²) >= 11 is 0. The monoisotopic (exact) mass is 570 g/mol. The smallest absolute Gasteiger partial charge is 0.245 e. The van der Waals surface area contributed by atoms with Crippen molar-refractivity contribution < 1.29 is 26.4 Å². The number of nitrogens with zero attached hydrogens (tertiary/aromatic N) is 3. The molecule has 0 radical (unpaired) electrons. The third kappa shape index (κ3) is 5.37. The largest absolute Gasteiger partial charge is 0.379 e. The lowest BCUT2D eigenvalue weighted by Crippen LogP contribution is -2.40. The van der Waals surface area contributed by atoms with Gasteiger partial charge in [0.1, 0.15) is 6.54 Å². The predicted molar refractivity (Wildman–Crippen MR) is 152 cm³/mol. The second-order valence-electron chi connectivity index (χ2n) is 9.32. The van der Waals surface area contributed by atoms with Crippen LogP contribution in [0.4, 0.5) is 11.4 Å². The molecule has 39 heavy (non-hydrogen) atoms. The molecule has 1 amide bonds. The molecule has 0 spiro atoms. The van der Waals surface area contributed by atoms with E-state index < -0.39 is 32.5 Å². The molecule has 4 aromatic rings. The van der Waals surface area contributed by atoms with Crippen LogP contribution in [0.3, 0.4) is 0 Å². The predicted octanol–water partition coefficient (Wildman–Crippen LogP) is 3.24. The Morgan fingerprint density at radius 2 is 1.59 bits per heavy atom. The summed E-state index contributed by atoms with van der Waals surface area (Å²) in [5.74, 6) is -0.524. The van der Waals surface area contributed by atoms with Crippen LogP contribution in [0.15, 0.2) is 71.6 Å². The lowest BCUT2D eigenvalue weighted by atomic mass is 10.1. The number of carbonyl (C=O) groups is 1. The Morgan fingerprint density at radius 1 is 0.923 bits per heavy atom. The Hall–Kier alpha value is -3.45. The van der Waals surface area contributed by atoms with Gasteiger partial charge in [0.25, 0.3) is 0 Å². The number of amides is 1. The third-order valence-electron chi connectivity index (χ3n) is 6.79. The zero-order valence-electron chi connectivity index (χ0n) is 21.7. The fraction of sp³-hybridized carbons (Fsp3) is 0.296. The summed E-state index contributed by atoms with van der Waals surface area (Å²) < 4.78 is 60.8. The number of nitrogens with one attached hydrogen (secondary N) is 1. The molecule has 206 valence electrons. The maximum atomic E-state index is 13.0. The van der Waals surface area contributed by atoms with Crippen LogP contribution < -0.4 is 9.62 Å². The van der Waals surface area contributed by atoms with E-state index in [9.17, 15) is 21.6 Å². The van der Waals surface area contributed by atoms with Crippen LogP contribution in [0.2, 0.25) is 0 Å². The van der Waals surface area contributed by atoms with Crippen LogP contribution in [0, 0.1) is 0 Å². The van der Waals surface area contributed by atoms with Gasteiger partial charge in [-0.25, -0.2) is 16.8 Å². The highest BCUT2D eigenvalue weighted by molar-refractivity contribution is 7.92. The number of aromatic nitrogens is 1. The van der Waals surface area contributed by atoms with Gasteiger partial charge in [0, 0.05) is 47.1 Å². The van der Waals surface area contributed by atoms with Gasteiger partial charge in [-0.2, -0.15) is 4.31 Å². The first-order valence-corrected chi connectivity index (χ1v) is 15.8. The molecule has 1 saturated heterocycles. The SMILES string of the molecule is CCn1c2ccccc2c2cc(NC(=O)CN(c3ccc(S(=O)(=O)N4CCOCC4)cc3)S(C)(=O)=O)ccc21. The topological polar surface area (TPSA) is 118 Å². The van der Waals surface area contributed by atoms with Crippen LogP contribution in [-0.2, 0) is 36.1 Å². The number of carbonyl (C=O) groups excluding carboxylic acids is 1. The molecule has 3 aromatic carbocycles. The van der Waals surface area contributed by atoms with Gasteiger partial charge < -0.3 is 14.6 Å². The third-order valence-corrected chi connectivity index (χ3v) is 9.85. The van der Waals surface area contributed by atoms with Crippen LogP contribution in [0.5, 0.6) is 0 Å². The normalized spacial score (nSPS) is 15.0. The van der Waals surface area contributed by atoms with E-state index in [2.05, 4.69) is 22.9 Å². The van der Waals surface area contributed by atoms with Gasteiger partial charge in [-0.3, -0.25) is 9.10 Å². The van der Waals surface area contributed by atoms with E-state index in [1.54, 1.807) is 6.07 Å². The Kier molecular flexibility index (Phi) is 7.38. The van der Waals surface area contributed by atoms with Gasteiger partial charge in [0.2, 0.25) is 26.0 Å². The number of benzene rings is 3. The highest BCUT2D eigenvalue weighted by atomic mass is 32.2. The summed E-state index contributed by atoms with van der Waals surface area (Å²) in [7, 11) is -7.58.